The number of furan rings is 1. The summed E-state index contributed by atoms with van der Waals surface area (Å²) in [7, 11) is 1.60. The lowest BCUT2D eigenvalue weighted by atomic mass is 9.97. The van der Waals surface area contributed by atoms with Crippen molar-refractivity contribution in [3.05, 3.63) is 59.0 Å². The Morgan fingerprint density at radius 3 is 2.48 bits per heavy atom. The predicted octanol–water partition coefficient (Wildman–Crippen LogP) is 3.63. The molecule has 1 aromatic heterocycles. The average molecular weight is 368 g/mol. The lowest BCUT2D eigenvalue weighted by Crippen LogP contribution is -2.17. The Labute approximate surface area is 160 Å². The summed E-state index contributed by atoms with van der Waals surface area (Å²) in [5.74, 6) is 2.88. The van der Waals surface area contributed by atoms with Crippen LogP contribution in [0.15, 0.2) is 40.8 Å². The topological polar surface area (TPSA) is 71.3 Å². The van der Waals surface area contributed by atoms with Crippen molar-refractivity contribution >= 4 is 12.3 Å². The first-order chi connectivity index (χ1) is 13.1. The highest BCUT2D eigenvalue weighted by Gasteiger charge is 2.52. The summed E-state index contributed by atoms with van der Waals surface area (Å²) in [6, 6.07) is 12.5. The van der Waals surface area contributed by atoms with E-state index in [1.54, 1.807) is 13.1 Å². The maximum Gasteiger partial charge on any atom is 0.286 e. The van der Waals surface area contributed by atoms with Crippen LogP contribution in [0.5, 0.6) is 0 Å². The Morgan fingerprint density at radius 1 is 1.22 bits per heavy atom. The molecule has 0 bridgehead atoms. The third-order valence-corrected chi connectivity index (χ3v) is 5.77. The SMILES string of the molecule is CNC(=O)c1cc(C)c(C(C)c2ccccc2)o1.O=CNC1C2CCCC21. The van der Waals surface area contributed by atoms with Gasteiger partial charge in [0, 0.05) is 19.0 Å². The van der Waals surface area contributed by atoms with E-state index in [-0.39, 0.29) is 11.8 Å². The second-order valence-corrected chi connectivity index (χ2v) is 7.44. The fourth-order valence-corrected chi connectivity index (χ4v) is 4.20. The van der Waals surface area contributed by atoms with Gasteiger partial charge < -0.3 is 15.1 Å². The molecule has 27 heavy (non-hydrogen) atoms. The minimum atomic E-state index is -0.190. The van der Waals surface area contributed by atoms with Crippen LogP contribution in [-0.4, -0.2) is 25.4 Å². The van der Waals surface area contributed by atoms with Gasteiger partial charge in [-0.25, -0.2) is 0 Å². The molecule has 0 spiro atoms. The van der Waals surface area contributed by atoms with Gasteiger partial charge in [0.05, 0.1) is 0 Å². The molecule has 144 valence electrons. The molecule has 2 aliphatic rings. The van der Waals surface area contributed by atoms with Crippen molar-refractivity contribution < 1.29 is 14.0 Å². The number of rotatable bonds is 5. The lowest BCUT2D eigenvalue weighted by Gasteiger charge is -2.09. The molecular formula is C22H28N2O3. The van der Waals surface area contributed by atoms with E-state index in [2.05, 4.69) is 29.7 Å². The van der Waals surface area contributed by atoms with E-state index in [9.17, 15) is 9.59 Å². The van der Waals surface area contributed by atoms with Crippen molar-refractivity contribution in [2.45, 2.75) is 45.1 Å². The number of hydrogen-bond acceptors (Lipinski definition) is 3. The smallest absolute Gasteiger partial charge is 0.286 e. The first-order valence-electron chi connectivity index (χ1n) is 9.63. The van der Waals surface area contributed by atoms with E-state index in [0.29, 0.717) is 11.8 Å². The summed E-state index contributed by atoms with van der Waals surface area (Å²) in [6.07, 6.45) is 4.90. The van der Waals surface area contributed by atoms with Gasteiger partial charge in [0.25, 0.3) is 5.91 Å². The van der Waals surface area contributed by atoms with Crippen LogP contribution >= 0.6 is 0 Å². The quantitative estimate of drug-likeness (QED) is 0.792. The van der Waals surface area contributed by atoms with Gasteiger partial charge in [-0.2, -0.15) is 0 Å². The van der Waals surface area contributed by atoms with Crippen molar-refractivity contribution in [1.29, 1.82) is 0 Å². The molecule has 1 heterocycles. The Balaban J connectivity index is 0.000000193. The number of aryl methyl sites for hydroxylation is 1. The molecule has 5 heteroatoms. The van der Waals surface area contributed by atoms with Crippen molar-refractivity contribution in [2.24, 2.45) is 11.8 Å². The summed E-state index contributed by atoms with van der Waals surface area (Å²) >= 11 is 0. The van der Waals surface area contributed by atoms with E-state index >= 15 is 0 Å². The molecule has 2 aliphatic carbocycles. The van der Waals surface area contributed by atoms with Crippen molar-refractivity contribution in [2.75, 3.05) is 7.05 Å². The van der Waals surface area contributed by atoms with E-state index in [4.69, 9.17) is 4.42 Å². The fourth-order valence-electron chi connectivity index (χ4n) is 4.20. The van der Waals surface area contributed by atoms with Crippen LogP contribution in [-0.2, 0) is 4.79 Å². The van der Waals surface area contributed by atoms with E-state index in [1.807, 2.05) is 25.1 Å². The van der Waals surface area contributed by atoms with E-state index in [1.165, 1.54) is 24.8 Å². The van der Waals surface area contributed by atoms with Gasteiger partial charge in [0.1, 0.15) is 5.76 Å². The molecule has 0 radical (unpaired) electrons. The predicted molar refractivity (Wildman–Crippen MR) is 105 cm³/mol. The Hall–Kier alpha value is -2.56. The van der Waals surface area contributed by atoms with Crippen molar-refractivity contribution in [3.63, 3.8) is 0 Å². The summed E-state index contributed by atoms with van der Waals surface area (Å²) in [5, 5.41) is 5.41. The third kappa shape index (κ3) is 4.24. The third-order valence-electron chi connectivity index (χ3n) is 5.77. The number of carbonyl (C=O) groups is 2. The summed E-state index contributed by atoms with van der Waals surface area (Å²) < 4.78 is 5.67. The number of hydrogen-bond donors (Lipinski definition) is 2. The van der Waals surface area contributed by atoms with Crippen LogP contribution < -0.4 is 10.6 Å². The molecule has 0 aliphatic heterocycles. The number of benzene rings is 1. The molecule has 1 aromatic carbocycles. The number of amides is 2. The summed E-state index contributed by atoms with van der Waals surface area (Å²) in [4.78, 5) is 21.5. The van der Waals surface area contributed by atoms with Crippen LogP contribution in [0.3, 0.4) is 0 Å². The number of fused-ring (bicyclic) bond motifs is 1. The molecule has 2 fully saturated rings. The summed E-state index contributed by atoms with van der Waals surface area (Å²) in [5.41, 5.74) is 2.18. The van der Waals surface area contributed by atoms with Gasteiger partial charge in [-0.15, -0.1) is 0 Å². The number of carbonyl (C=O) groups excluding carboxylic acids is 2. The zero-order chi connectivity index (χ0) is 19.4. The minimum Gasteiger partial charge on any atom is -0.455 e. The van der Waals surface area contributed by atoms with E-state index in [0.717, 1.165) is 29.6 Å². The van der Waals surface area contributed by atoms with Crippen LogP contribution in [0.25, 0.3) is 0 Å². The Morgan fingerprint density at radius 2 is 1.89 bits per heavy atom. The molecule has 0 saturated heterocycles. The molecule has 3 unspecified atom stereocenters. The molecule has 5 nitrogen and oxygen atoms in total. The lowest BCUT2D eigenvalue weighted by molar-refractivity contribution is -0.109. The molecule has 2 amide bonds. The fraction of sp³-hybridized carbons (Fsp3) is 0.455. The summed E-state index contributed by atoms with van der Waals surface area (Å²) in [6.45, 7) is 4.04. The monoisotopic (exact) mass is 368 g/mol. The molecular weight excluding hydrogens is 340 g/mol. The van der Waals surface area contributed by atoms with E-state index < -0.39 is 0 Å². The number of nitrogens with one attached hydrogen (secondary N) is 2. The Kier molecular flexibility index (Phi) is 5.99. The van der Waals surface area contributed by atoms with Gasteiger partial charge in [0.15, 0.2) is 5.76 Å². The van der Waals surface area contributed by atoms with Crippen LogP contribution in [0.1, 0.15) is 59.5 Å². The Bertz CT molecular complexity index is 774. The van der Waals surface area contributed by atoms with Gasteiger partial charge >= 0.3 is 0 Å². The average Bonchev–Trinajstić information content (AvgIpc) is 3.06. The zero-order valence-corrected chi connectivity index (χ0v) is 16.2. The molecule has 3 atom stereocenters. The van der Waals surface area contributed by atoms with Gasteiger partial charge in [-0.1, -0.05) is 43.7 Å². The second-order valence-electron chi connectivity index (χ2n) is 7.44. The van der Waals surface area contributed by atoms with Crippen molar-refractivity contribution in [1.82, 2.24) is 10.6 Å². The van der Waals surface area contributed by atoms with Crippen LogP contribution in [0.4, 0.5) is 0 Å². The normalized spacial score (nSPS) is 23.4. The van der Waals surface area contributed by atoms with Gasteiger partial charge in [-0.05, 0) is 48.8 Å². The first-order valence-corrected chi connectivity index (χ1v) is 9.63. The van der Waals surface area contributed by atoms with Crippen LogP contribution in [0.2, 0.25) is 0 Å². The highest BCUT2D eigenvalue weighted by molar-refractivity contribution is 5.91. The van der Waals surface area contributed by atoms with Gasteiger partial charge in [-0.3, -0.25) is 9.59 Å². The molecule has 2 N–H and O–H groups in total. The second kappa shape index (κ2) is 8.42. The maximum absolute atomic E-state index is 11.5. The molecule has 2 saturated carbocycles. The zero-order valence-electron chi connectivity index (χ0n) is 16.2. The highest BCUT2D eigenvalue weighted by Crippen LogP contribution is 2.51. The standard InChI is InChI=1S/C15H17NO2.C7H11NO/c1-10-9-13(15(17)16-3)18-14(10)11(2)12-7-5-4-6-8-12;9-4-8-7-5-2-1-3-6(5)7/h4-9,11H,1-3H3,(H,16,17);4-7H,1-3H2,(H,8,9). The van der Waals surface area contributed by atoms with Gasteiger partial charge in [0.2, 0.25) is 6.41 Å². The van der Waals surface area contributed by atoms with Crippen molar-refractivity contribution in [3.8, 4) is 0 Å². The van der Waals surface area contributed by atoms with Crippen LogP contribution in [0, 0.1) is 18.8 Å². The minimum absolute atomic E-state index is 0.143. The molecule has 2 aromatic rings. The highest BCUT2D eigenvalue weighted by atomic mass is 16.4. The molecule has 4 rings (SSSR count). The largest absolute Gasteiger partial charge is 0.455 e. The first kappa shape index (κ1) is 19.2. The maximum atomic E-state index is 11.5.